The van der Waals surface area contributed by atoms with E-state index in [2.05, 4.69) is 4.98 Å². The first kappa shape index (κ1) is 14.4. The Bertz CT molecular complexity index is 1020. The van der Waals surface area contributed by atoms with Gasteiger partial charge in [0.25, 0.3) is 0 Å². The fourth-order valence-corrected chi connectivity index (χ4v) is 3.16. The van der Waals surface area contributed by atoms with Gasteiger partial charge in [-0.15, -0.1) is 0 Å². The van der Waals surface area contributed by atoms with Crippen LogP contribution >= 0.6 is 0 Å². The molecular formula is C19H13NO4. The maximum Gasteiger partial charge on any atom is 0.221 e. The molecule has 0 unspecified atom stereocenters. The number of rotatable bonds is 2. The summed E-state index contributed by atoms with van der Waals surface area (Å²) >= 11 is 0. The van der Waals surface area contributed by atoms with Gasteiger partial charge in [0.1, 0.15) is 5.75 Å². The Labute approximate surface area is 137 Å². The summed E-state index contributed by atoms with van der Waals surface area (Å²) in [4.78, 5) is 28.1. The largest absolute Gasteiger partial charge is 0.507 e. The summed E-state index contributed by atoms with van der Waals surface area (Å²) in [6.45, 7) is 0. The topological polar surface area (TPSA) is 76.5 Å². The number of ether oxygens (including phenoxy) is 1. The number of ketones is 2. The fourth-order valence-electron chi connectivity index (χ4n) is 3.16. The lowest BCUT2D eigenvalue weighted by Gasteiger charge is -2.12. The predicted molar refractivity (Wildman–Crippen MR) is 88.7 cm³/mol. The van der Waals surface area contributed by atoms with Gasteiger partial charge in [0.2, 0.25) is 5.88 Å². The minimum atomic E-state index is -0.174. The molecule has 4 rings (SSSR count). The molecule has 1 aromatic heterocycles. The Morgan fingerprint density at radius 1 is 1.04 bits per heavy atom. The highest BCUT2D eigenvalue weighted by Gasteiger charge is 2.27. The molecule has 0 amide bonds. The number of carbonyl (C=O) groups excluding carboxylic acids is 2. The van der Waals surface area contributed by atoms with Gasteiger partial charge in [0, 0.05) is 33.7 Å². The Morgan fingerprint density at radius 3 is 2.62 bits per heavy atom. The first-order valence-electron chi connectivity index (χ1n) is 7.45. The lowest BCUT2D eigenvalue weighted by atomic mass is 9.97. The van der Waals surface area contributed by atoms with Crippen molar-refractivity contribution in [2.24, 2.45) is 0 Å². The molecule has 5 nitrogen and oxygen atoms in total. The second kappa shape index (κ2) is 5.16. The van der Waals surface area contributed by atoms with Crippen molar-refractivity contribution < 1.29 is 19.4 Å². The number of nitrogens with zero attached hydrogens (tertiary/aromatic N) is 1. The molecule has 5 heteroatoms. The average molecular weight is 319 g/mol. The molecule has 0 aliphatic heterocycles. The van der Waals surface area contributed by atoms with E-state index in [4.69, 9.17) is 4.74 Å². The zero-order chi connectivity index (χ0) is 16.8. The van der Waals surface area contributed by atoms with Gasteiger partial charge in [-0.2, -0.15) is 0 Å². The van der Waals surface area contributed by atoms with Crippen LogP contribution in [0.3, 0.4) is 0 Å². The maximum absolute atomic E-state index is 12.0. The normalized spacial score (nSPS) is 13.4. The lowest BCUT2D eigenvalue weighted by Crippen LogP contribution is -1.94. The predicted octanol–water partition coefficient (Wildman–Crippen LogP) is 3.39. The molecule has 0 saturated carbocycles. The molecule has 2 aromatic carbocycles. The SMILES string of the molecule is COc1ncc(-c2ccc3c(c2)C(=O)CC3=O)c2c(O)cccc12. The third-order valence-corrected chi connectivity index (χ3v) is 4.30. The standard InChI is InChI=1S/C19H13NO4/c1-24-19-12-3-2-4-15(21)18(12)14(9-20-19)10-5-6-11-13(7-10)17(23)8-16(11)22/h2-7,9,21H,8H2,1H3. The molecule has 0 spiro atoms. The zero-order valence-electron chi connectivity index (χ0n) is 12.9. The molecule has 0 fully saturated rings. The summed E-state index contributed by atoms with van der Waals surface area (Å²) in [5.74, 6) is 0.192. The van der Waals surface area contributed by atoms with Crippen LogP contribution in [0.15, 0.2) is 42.6 Å². The van der Waals surface area contributed by atoms with E-state index in [0.29, 0.717) is 33.3 Å². The molecule has 0 saturated heterocycles. The van der Waals surface area contributed by atoms with Crippen LogP contribution in [0.1, 0.15) is 27.1 Å². The van der Waals surface area contributed by atoms with Crippen molar-refractivity contribution in [2.75, 3.05) is 7.11 Å². The van der Waals surface area contributed by atoms with Gasteiger partial charge in [-0.3, -0.25) is 9.59 Å². The first-order valence-corrected chi connectivity index (χ1v) is 7.45. The average Bonchev–Trinajstić information content (AvgIpc) is 2.88. The number of fused-ring (bicyclic) bond motifs is 2. The van der Waals surface area contributed by atoms with Crippen LogP contribution in [0.25, 0.3) is 21.9 Å². The highest BCUT2D eigenvalue weighted by Crippen LogP contribution is 2.39. The van der Waals surface area contributed by atoms with Gasteiger partial charge in [-0.1, -0.05) is 18.2 Å². The minimum Gasteiger partial charge on any atom is -0.507 e. The van der Waals surface area contributed by atoms with Crippen LogP contribution in [0.5, 0.6) is 11.6 Å². The summed E-state index contributed by atoms with van der Waals surface area (Å²) in [6, 6.07) is 10.2. The molecule has 24 heavy (non-hydrogen) atoms. The molecule has 3 aromatic rings. The van der Waals surface area contributed by atoms with Crippen molar-refractivity contribution in [3.05, 3.63) is 53.7 Å². The Morgan fingerprint density at radius 2 is 1.83 bits per heavy atom. The number of aromatic nitrogens is 1. The van der Waals surface area contributed by atoms with Crippen molar-refractivity contribution in [1.82, 2.24) is 4.98 Å². The molecule has 118 valence electrons. The van der Waals surface area contributed by atoms with Crippen LogP contribution in [-0.4, -0.2) is 28.8 Å². The van der Waals surface area contributed by atoms with Gasteiger partial charge in [-0.05, 0) is 23.8 Å². The molecule has 1 aliphatic rings. The second-order valence-electron chi connectivity index (χ2n) is 5.66. The number of phenols is 1. The summed E-state index contributed by atoms with van der Waals surface area (Å²) < 4.78 is 5.26. The third-order valence-electron chi connectivity index (χ3n) is 4.30. The highest BCUT2D eigenvalue weighted by atomic mass is 16.5. The Balaban J connectivity index is 2.00. The summed E-state index contributed by atoms with van der Waals surface area (Å²) in [5, 5.41) is 11.6. The quantitative estimate of drug-likeness (QED) is 0.733. The van der Waals surface area contributed by atoms with Gasteiger partial charge >= 0.3 is 0 Å². The minimum absolute atomic E-state index is 0.0777. The van der Waals surface area contributed by atoms with Gasteiger partial charge in [0.15, 0.2) is 11.6 Å². The van der Waals surface area contributed by atoms with E-state index in [1.165, 1.54) is 7.11 Å². The third kappa shape index (κ3) is 1.98. The van der Waals surface area contributed by atoms with E-state index < -0.39 is 0 Å². The number of benzene rings is 2. The number of hydrogen-bond acceptors (Lipinski definition) is 5. The van der Waals surface area contributed by atoms with E-state index in [9.17, 15) is 14.7 Å². The Hall–Kier alpha value is -3.21. The number of Topliss-reactive ketones (excluding diaryl/α,β-unsaturated/α-hetero) is 2. The molecule has 1 aliphatic carbocycles. The van der Waals surface area contributed by atoms with E-state index in [1.807, 2.05) is 6.07 Å². The summed E-state index contributed by atoms with van der Waals surface area (Å²) in [7, 11) is 1.52. The zero-order valence-corrected chi connectivity index (χ0v) is 12.9. The smallest absolute Gasteiger partial charge is 0.221 e. The summed E-state index contributed by atoms with van der Waals surface area (Å²) in [6.07, 6.45) is 1.52. The number of methoxy groups -OCH3 is 1. The van der Waals surface area contributed by atoms with Crippen molar-refractivity contribution in [2.45, 2.75) is 6.42 Å². The van der Waals surface area contributed by atoms with E-state index in [1.54, 1.807) is 36.5 Å². The molecule has 1 heterocycles. The number of phenolic OH excluding ortho intramolecular Hbond substituents is 1. The fraction of sp³-hybridized carbons (Fsp3) is 0.105. The van der Waals surface area contributed by atoms with Crippen LogP contribution in [0, 0.1) is 0 Å². The lowest BCUT2D eigenvalue weighted by molar-refractivity contribution is 0.0923. The van der Waals surface area contributed by atoms with Crippen LogP contribution < -0.4 is 4.74 Å². The molecular weight excluding hydrogens is 306 g/mol. The number of pyridine rings is 1. The maximum atomic E-state index is 12.0. The Kier molecular flexibility index (Phi) is 3.09. The van der Waals surface area contributed by atoms with E-state index >= 15 is 0 Å². The molecule has 0 bridgehead atoms. The number of carbonyl (C=O) groups is 2. The monoisotopic (exact) mass is 319 g/mol. The van der Waals surface area contributed by atoms with Gasteiger partial charge in [-0.25, -0.2) is 4.98 Å². The van der Waals surface area contributed by atoms with Gasteiger partial charge in [0.05, 0.1) is 13.5 Å². The highest BCUT2D eigenvalue weighted by molar-refractivity contribution is 6.24. The first-order chi connectivity index (χ1) is 11.6. The van der Waals surface area contributed by atoms with E-state index in [0.717, 1.165) is 5.56 Å². The summed E-state index contributed by atoms with van der Waals surface area (Å²) in [5.41, 5.74) is 2.29. The van der Waals surface area contributed by atoms with Crippen LogP contribution in [-0.2, 0) is 0 Å². The van der Waals surface area contributed by atoms with Crippen molar-refractivity contribution in [3.8, 4) is 22.8 Å². The molecule has 0 radical (unpaired) electrons. The van der Waals surface area contributed by atoms with Crippen molar-refractivity contribution >= 4 is 22.3 Å². The number of hydrogen-bond donors (Lipinski definition) is 1. The van der Waals surface area contributed by atoms with E-state index in [-0.39, 0.29) is 23.7 Å². The molecule has 0 atom stereocenters. The molecule has 1 N–H and O–H groups in total. The second-order valence-corrected chi connectivity index (χ2v) is 5.66. The van der Waals surface area contributed by atoms with Crippen LogP contribution in [0.4, 0.5) is 0 Å². The van der Waals surface area contributed by atoms with Crippen molar-refractivity contribution in [1.29, 1.82) is 0 Å². The van der Waals surface area contributed by atoms with Gasteiger partial charge < -0.3 is 9.84 Å². The van der Waals surface area contributed by atoms with Crippen LogP contribution in [0.2, 0.25) is 0 Å². The van der Waals surface area contributed by atoms with Crippen molar-refractivity contribution in [3.63, 3.8) is 0 Å². The number of aromatic hydroxyl groups is 1.